The Morgan fingerprint density at radius 1 is 1.30 bits per heavy atom. The molecule has 2 fully saturated rings. The maximum Gasteiger partial charge on any atom is 0.309 e. The molecule has 0 aromatic rings. The van der Waals surface area contributed by atoms with Gasteiger partial charge in [0, 0.05) is 19.6 Å². The molecule has 5 nitrogen and oxygen atoms in total. The standard InChI is InChI=1S/C15H26N2O3/c1-3-4-15(14(19)20)5-7-17(8-6-15)13(18)12-10-16-9-11(12)2/h11-12,16H,3-10H2,1-2H3,(H,19,20)/t11-,12-/m1/s1. The number of likely N-dealkylation sites (tertiary alicyclic amines) is 1. The smallest absolute Gasteiger partial charge is 0.309 e. The molecule has 0 aromatic heterocycles. The summed E-state index contributed by atoms with van der Waals surface area (Å²) in [7, 11) is 0. The van der Waals surface area contributed by atoms with Gasteiger partial charge in [-0.1, -0.05) is 20.3 Å². The number of carbonyl (C=O) groups excluding carboxylic acids is 1. The van der Waals surface area contributed by atoms with Gasteiger partial charge in [0.1, 0.15) is 0 Å². The van der Waals surface area contributed by atoms with Crippen LogP contribution in [0.5, 0.6) is 0 Å². The second-order valence-corrected chi connectivity index (χ2v) is 6.40. The third-order valence-electron chi connectivity index (χ3n) is 5.05. The highest BCUT2D eigenvalue weighted by Gasteiger charge is 2.43. The van der Waals surface area contributed by atoms with Gasteiger partial charge in [0.15, 0.2) is 0 Å². The molecule has 2 aliphatic heterocycles. The molecule has 2 heterocycles. The second kappa shape index (κ2) is 6.12. The predicted octanol–water partition coefficient (Wildman–Crippen LogP) is 1.34. The van der Waals surface area contributed by atoms with Crippen LogP contribution >= 0.6 is 0 Å². The van der Waals surface area contributed by atoms with E-state index in [2.05, 4.69) is 12.2 Å². The van der Waals surface area contributed by atoms with Crippen LogP contribution in [0.3, 0.4) is 0 Å². The number of nitrogens with one attached hydrogen (secondary N) is 1. The number of piperidine rings is 1. The summed E-state index contributed by atoms with van der Waals surface area (Å²) in [4.78, 5) is 25.9. The number of rotatable bonds is 4. The van der Waals surface area contributed by atoms with E-state index in [1.165, 1.54) is 0 Å². The zero-order valence-corrected chi connectivity index (χ0v) is 12.5. The van der Waals surface area contributed by atoms with Gasteiger partial charge in [0.25, 0.3) is 0 Å². The Hall–Kier alpha value is -1.10. The number of aliphatic carboxylic acids is 1. The third kappa shape index (κ3) is 2.82. The molecule has 5 heteroatoms. The fourth-order valence-corrected chi connectivity index (χ4v) is 3.58. The van der Waals surface area contributed by atoms with Gasteiger partial charge in [0.2, 0.25) is 5.91 Å². The Balaban J connectivity index is 1.96. The van der Waals surface area contributed by atoms with E-state index in [9.17, 15) is 14.7 Å². The lowest BCUT2D eigenvalue weighted by molar-refractivity contribution is -0.155. The van der Waals surface area contributed by atoms with E-state index in [-0.39, 0.29) is 11.8 Å². The number of carbonyl (C=O) groups is 2. The molecule has 0 spiro atoms. The summed E-state index contributed by atoms with van der Waals surface area (Å²) >= 11 is 0. The van der Waals surface area contributed by atoms with Crippen LogP contribution in [0, 0.1) is 17.3 Å². The van der Waals surface area contributed by atoms with Crippen molar-refractivity contribution in [2.24, 2.45) is 17.3 Å². The lowest BCUT2D eigenvalue weighted by atomic mass is 9.74. The van der Waals surface area contributed by atoms with Crippen molar-refractivity contribution >= 4 is 11.9 Å². The molecule has 0 bridgehead atoms. The number of amides is 1. The van der Waals surface area contributed by atoms with E-state index in [1.807, 2.05) is 11.8 Å². The molecular weight excluding hydrogens is 256 g/mol. The summed E-state index contributed by atoms with van der Waals surface area (Å²) in [5.41, 5.74) is -0.606. The van der Waals surface area contributed by atoms with Crippen LogP contribution < -0.4 is 5.32 Å². The minimum Gasteiger partial charge on any atom is -0.481 e. The van der Waals surface area contributed by atoms with Crippen molar-refractivity contribution < 1.29 is 14.7 Å². The minimum absolute atomic E-state index is 0.0681. The van der Waals surface area contributed by atoms with E-state index >= 15 is 0 Å². The Morgan fingerprint density at radius 3 is 2.40 bits per heavy atom. The van der Waals surface area contributed by atoms with Crippen LogP contribution in [0.1, 0.15) is 39.5 Å². The van der Waals surface area contributed by atoms with Crippen molar-refractivity contribution in [1.82, 2.24) is 10.2 Å². The summed E-state index contributed by atoms with van der Waals surface area (Å²) in [5, 5.41) is 12.7. The van der Waals surface area contributed by atoms with Crippen LogP contribution in [-0.4, -0.2) is 48.1 Å². The van der Waals surface area contributed by atoms with E-state index in [1.54, 1.807) is 0 Å². The van der Waals surface area contributed by atoms with Crippen LogP contribution in [-0.2, 0) is 9.59 Å². The summed E-state index contributed by atoms with van der Waals surface area (Å²) in [6.07, 6.45) is 2.78. The molecule has 0 radical (unpaired) electrons. The number of nitrogens with zero attached hydrogens (tertiary/aromatic N) is 1. The summed E-state index contributed by atoms with van der Waals surface area (Å²) < 4.78 is 0. The molecule has 2 rings (SSSR count). The molecule has 2 aliphatic rings. The first-order chi connectivity index (χ1) is 9.50. The maximum absolute atomic E-state index is 12.5. The average Bonchev–Trinajstić information content (AvgIpc) is 2.85. The van der Waals surface area contributed by atoms with Crippen molar-refractivity contribution in [2.45, 2.75) is 39.5 Å². The van der Waals surface area contributed by atoms with Gasteiger partial charge in [-0.3, -0.25) is 9.59 Å². The van der Waals surface area contributed by atoms with Crippen molar-refractivity contribution in [3.63, 3.8) is 0 Å². The Kier molecular flexibility index (Phi) is 4.68. The molecule has 0 saturated carbocycles. The normalized spacial score (nSPS) is 29.4. The van der Waals surface area contributed by atoms with Crippen molar-refractivity contribution in [3.8, 4) is 0 Å². The zero-order chi connectivity index (χ0) is 14.8. The van der Waals surface area contributed by atoms with Gasteiger partial charge in [0.05, 0.1) is 11.3 Å². The van der Waals surface area contributed by atoms with Crippen molar-refractivity contribution in [3.05, 3.63) is 0 Å². The quantitative estimate of drug-likeness (QED) is 0.816. The van der Waals surface area contributed by atoms with Crippen LogP contribution in [0.2, 0.25) is 0 Å². The molecule has 2 atom stereocenters. The molecule has 2 saturated heterocycles. The molecule has 0 aliphatic carbocycles. The number of carboxylic acids is 1. The fourth-order valence-electron chi connectivity index (χ4n) is 3.58. The highest BCUT2D eigenvalue weighted by atomic mass is 16.4. The van der Waals surface area contributed by atoms with Crippen LogP contribution in [0.15, 0.2) is 0 Å². The molecule has 114 valence electrons. The van der Waals surface area contributed by atoms with Crippen molar-refractivity contribution in [1.29, 1.82) is 0 Å². The Labute approximate surface area is 120 Å². The third-order valence-corrected chi connectivity index (χ3v) is 5.05. The number of hydrogen-bond donors (Lipinski definition) is 2. The second-order valence-electron chi connectivity index (χ2n) is 6.40. The predicted molar refractivity (Wildman–Crippen MR) is 76.3 cm³/mol. The molecule has 2 N–H and O–H groups in total. The molecular formula is C15H26N2O3. The fraction of sp³-hybridized carbons (Fsp3) is 0.867. The monoisotopic (exact) mass is 282 g/mol. The summed E-state index contributed by atoms with van der Waals surface area (Å²) in [6.45, 7) is 6.97. The Bertz CT molecular complexity index is 375. The molecule has 0 unspecified atom stereocenters. The van der Waals surface area contributed by atoms with E-state index in [0.717, 1.165) is 19.5 Å². The first-order valence-corrected chi connectivity index (χ1v) is 7.73. The lowest BCUT2D eigenvalue weighted by Crippen LogP contribution is -2.49. The minimum atomic E-state index is -0.692. The van der Waals surface area contributed by atoms with Crippen molar-refractivity contribution in [2.75, 3.05) is 26.2 Å². The molecule has 1 amide bonds. The van der Waals surface area contributed by atoms with Gasteiger partial charge >= 0.3 is 5.97 Å². The topological polar surface area (TPSA) is 69.6 Å². The first kappa shape index (κ1) is 15.3. The number of hydrogen-bond acceptors (Lipinski definition) is 3. The van der Waals surface area contributed by atoms with Gasteiger partial charge in [-0.2, -0.15) is 0 Å². The van der Waals surface area contributed by atoms with E-state index < -0.39 is 11.4 Å². The van der Waals surface area contributed by atoms with E-state index in [0.29, 0.717) is 38.3 Å². The van der Waals surface area contributed by atoms with Gasteiger partial charge in [-0.25, -0.2) is 0 Å². The van der Waals surface area contributed by atoms with Gasteiger partial charge in [-0.15, -0.1) is 0 Å². The molecule has 0 aromatic carbocycles. The Morgan fingerprint density at radius 2 is 1.95 bits per heavy atom. The van der Waals surface area contributed by atoms with Gasteiger partial charge in [-0.05, 0) is 31.7 Å². The highest BCUT2D eigenvalue weighted by Crippen LogP contribution is 2.37. The summed E-state index contributed by atoms with van der Waals surface area (Å²) in [6, 6.07) is 0. The number of carboxylic acid groups (broad SMARTS) is 1. The van der Waals surface area contributed by atoms with Crippen LogP contribution in [0.4, 0.5) is 0 Å². The van der Waals surface area contributed by atoms with Crippen LogP contribution in [0.25, 0.3) is 0 Å². The largest absolute Gasteiger partial charge is 0.481 e. The SMILES string of the molecule is CCCC1(C(=O)O)CCN(C(=O)[C@@H]2CNC[C@H]2C)CC1. The zero-order valence-electron chi connectivity index (χ0n) is 12.5. The highest BCUT2D eigenvalue weighted by molar-refractivity contribution is 5.81. The maximum atomic E-state index is 12.5. The lowest BCUT2D eigenvalue weighted by Gasteiger charge is -2.40. The van der Waals surface area contributed by atoms with E-state index in [4.69, 9.17) is 0 Å². The summed E-state index contributed by atoms with van der Waals surface area (Å²) in [5.74, 6) is -0.0388. The molecule has 20 heavy (non-hydrogen) atoms. The van der Waals surface area contributed by atoms with Gasteiger partial charge < -0.3 is 15.3 Å². The average molecular weight is 282 g/mol. The first-order valence-electron chi connectivity index (χ1n) is 7.73.